The van der Waals surface area contributed by atoms with E-state index < -0.39 is 23.8 Å². The third kappa shape index (κ3) is 3.63. The molecule has 19 heavy (non-hydrogen) atoms. The number of hydrogen-bond acceptors (Lipinski definition) is 7. The lowest BCUT2D eigenvalue weighted by Crippen LogP contribution is -2.48. The van der Waals surface area contributed by atoms with Crippen LogP contribution >= 0.6 is 24.8 Å². The molecule has 0 aromatic carbocycles. The second kappa shape index (κ2) is 6.80. The number of nitrogens with one attached hydrogen (secondary N) is 3. The number of halogens is 2. The molecule has 0 saturated heterocycles. The van der Waals surface area contributed by atoms with Gasteiger partial charge in [-0.3, -0.25) is 9.78 Å². The van der Waals surface area contributed by atoms with Gasteiger partial charge in [0, 0.05) is 6.54 Å². The van der Waals surface area contributed by atoms with Crippen molar-refractivity contribution in [3.8, 4) is 0 Å². The summed E-state index contributed by atoms with van der Waals surface area (Å²) in [7, 11) is 0. The highest BCUT2D eigenvalue weighted by molar-refractivity contribution is 5.85. The summed E-state index contributed by atoms with van der Waals surface area (Å²) in [5, 5.41) is 24.7. The molecule has 1 aliphatic heterocycles. The molecule has 0 unspecified atom stereocenters. The largest absolute Gasteiger partial charge is 0.391 e. The predicted octanol–water partition coefficient (Wildman–Crippen LogP) is -0.857. The molecule has 8 nitrogen and oxygen atoms in total. The number of nitrogen functional groups attached to an aromatic ring is 1. The highest BCUT2D eigenvalue weighted by Crippen LogP contribution is 2.21. The topological polar surface area (TPSA) is 136 Å². The van der Waals surface area contributed by atoms with Crippen LogP contribution in [-0.2, 0) is 0 Å². The van der Waals surface area contributed by atoms with Crippen LogP contribution < -0.4 is 21.9 Å². The third-order valence-electron chi connectivity index (χ3n) is 2.66. The number of aromatic amines is 1. The molecule has 3 atom stereocenters. The maximum Gasteiger partial charge on any atom is 0.277 e. The minimum atomic E-state index is -0.979. The van der Waals surface area contributed by atoms with Gasteiger partial charge in [-0.2, -0.15) is 4.98 Å². The molecular formula is C9H17Cl2N5O3. The first-order valence-corrected chi connectivity index (χ1v) is 5.25. The van der Waals surface area contributed by atoms with E-state index in [9.17, 15) is 15.0 Å². The fourth-order valence-electron chi connectivity index (χ4n) is 1.74. The molecule has 0 saturated carbocycles. The van der Waals surface area contributed by atoms with Crippen molar-refractivity contribution < 1.29 is 10.2 Å². The van der Waals surface area contributed by atoms with Crippen LogP contribution in [0.15, 0.2) is 4.79 Å². The first kappa shape index (κ1) is 17.8. The number of nitrogens with zero attached hydrogens (tertiary/aromatic N) is 1. The molecule has 7 N–H and O–H groups in total. The van der Waals surface area contributed by atoms with Gasteiger partial charge in [0.1, 0.15) is 11.8 Å². The monoisotopic (exact) mass is 313 g/mol. The third-order valence-corrected chi connectivity index (χ3v) is 2.66. The van der Waals surface area contributed by atoms with Crippen LogP contribution in [0.5, 0.6) is 0 Å². The van der Waals surface area contributed by atoms with Crippen LogP contribution in [-0.4, -0.2) is 45.0 Å². The molecule has 2 heterocycles. The van der Waals surface area contributed by atoms with Crippen molar-refractivity contribution in [2.24, 2.45) is 0 Å². The van der Waals surface area contributed by atoms with E-state index in [4.69, 9.17) is 5.73 Å². The number of aliphatic hydroxyl groups excluding tert-OH is 2. The summed E-state index contributed by atoms with van der Waals surface area (Å²) in [6.45, 7) is 1.82. The Kier molecular flexibility index (Phi) is 6.37. The molecule has 0 aliphatic carbocycles. The first-order valence-electron chi connectivity index (χ1n) is 5.25. The van der Waals surface area contributed by atoms with Gasteiger partial charge in [-0.15, -0.1) is 24.8 Å². The molecule has 1 aliphatic rings. The van der Waals surface area contributed by atoms with Crippen molar-refractivity contribution in [2.75, 3.05) is 22.9 Å². The fraction of sp³-hybridized carbons (Fsp3) is 0.556. The lowest BCUT2D eigenvalue weighted by Gasteiger charge is -2.31. The van der Waals surface area contributed by atoms with Crippen molar-refractivity contribution in [3.05, 3.63) is 10.4 Å². The van der Waals surface area contributed by atoms with Gasteiger partial charge in [0.25, 0.3) is 5.56 Å². The van der Waals surface area contributed by atoms with Gasteiger partial charge in [0.05, 0.1) is 12.1 Å². The Labute approximate surface area is 121 Å². The fourth-order valence-corrected chi connectivity index (χ4v) is 1.74. The quantitative estimate of drug-likeness (QED) is 0.418. The van der Waals surface area contributed by atoms with Crippen LogP contribution in [0, 0.1) is 0 Å². The van der Waals surface area contributed by atoms with E-state index in [0.717, 1.165) is 0 Å². The van der Waals surface area contributed by atoms with Crippen molar-refractivity contribution in [3.63, 3.8) is 0 Å². The maximum atomic E-state index is 11.6. The standard InChI is InChI=1S/C9H15N5O3.2ClH/c1-3(15)6(16)4-2-11-7-5(12-4)8(17)14-9(10)13-7;;/h3-4,6,12,15-16H,2H2,1H3,(H4,10,11,13,14,17);2*1H/t3-,4+,6-;;/m1../s1. The maximum absolute atomic E-state index is 11.6. The zero-order chi connectivity index (χ0) is 12.6. The summed E-state index contributed by atoms with van der Waals surface area (Å²) in [5.41, 5.74) is 5.20. The molecule has 0 bridgehead atoms. The van der Waals surface area contributed by atoms with Crippen molar-refractivity contribution in [1.29, 1.82) is 0 Å². The summed E-state index contributed by atoms with van der Waals surface area (Å²) in [6, 6.07) is -0.464. The summed E-state index contributed by atoms with van der Waals surface area (Å²) in [5.74, 6) is 0.373. The van der Waals surface area contributed by atoms with E-state index in [-0.39, 0.29) is 36.4 Å². The Morgan fingerprint density at radius 1 is 1.42 bits per heavy atom. The Morgan fingerprint density at radius 2 is 2.05 bits per heavy atom. The van der Waals surface area contributed by atoms with Crippen molar-refractivity contribution >= 4 is 42.3 Å². The minimum absolute atomic E-state index is 0. The predicted molar refractivity (Wildman–Crippen MR) is 77.4 cm³/mol. The van der Waals surface area contributed by atoms with Crippen LogP contribution in [0.1, 0.15) is 6.92 Å². The normalized spacial score (nSPS) is 19.6. The van der Waals surface area contributed by atoms with E-state index in [2.05, 4.69) is 20.6 Å². The number of fused-ring (bicyclic) bond motifs is 1. The van der Waals surface area contributed by atoms with Crippen LogP contribution in [0.3, 0.4) is 0 Å². The molecule has 0 amide bonds. The zero-order valence-electron chi connectivity index (χ0n) is 10.1. The van der Waals surface area contributed by atoms with Crippen LogP contribution in [0.4, 0.5) is 17.5 Å². The second-order valence-corrected chi connectivity index (χ2v) is 4.04. The lowest BCUT2D eigenvalue weighted by atomic mass is 10.0. The molecule has 2 rings (SSSR count). The number of aliphatic hydroxyl groups is 2. The second-order valence-electron chi connectivity index (χ2n) is 4.04. The highest BCUT2D eigenvalue weighted by atomic mass is 35.5. The Balaban J connectivity index is 0.00000162. The first-order chi connectivity index (χ1) is 7.99. The smallest absolute Gasteiger partial charge is 0.277 e. The van der Waals surface area contributed by atoms with E-state index in [1.165, 1.54) is 6.92 Å². The zero-order valence-corrected chi connectivity index (χ0v) is 11.7. The Hall–Kier alpha value is -1.22. The molecule has 10 heteroatoms. The summed E-state index contributed by atoms with van der Waals surface area (Å²) >= 11 is 0. The number of nitrogens with two attached hydrogens (primary N) is 1. The number of anilines is 3. The Bertz CT molecular complexity index is 481. The molecule has 110 valence electrons. The van der Waals surface area contributed by atoms with Gasteiger partial charge >= 0.3 is 0 Å². The minimum Gasteiger partial charge on any atom is -0.391 e. The van der Waals surface area contributed by atoms with E-state index in [0.29, 0.717) is 12.4 Å². The average molecular weight is 314 g/mol. The van der Waals surface area contributed by atoms with Crippen LogP contribution in [0.2, 0.25) is 0 Å². The van der Waals surface area contributed by atoms with Crippen molar-refractivity contribution in [2.45, 2.75) is 25.2 Å². The lowest BCUT2D eigenvalue weighted by molar-refractivity contribution is 0.0214. The number of H-pyrrole nitrogens is 1. The average Bonchev–Trinajstić information content (AvgIpc) is 2.27. The van der Waals surface area contributed by atoms with Crippen LogP contribution in [0.25, 0.3) is 0 Å². The van der Waals surface area contributed by atoms with Crippen molar-refractivity contribution in [1.82, 2.24) is 9.97 Å². The number of aromatic nitrogens is 2. The molecule has 0 spiro atoms. The van der Waals surface area contributed by atoms with Gasteiger partial charge in [-0.25, -0.2) is 0 Å². The van der Waals surface area contributed by atoms with E-state index >= 15 is 0 Å². The van der Waals surface area contributed by atoms with Gasteiger partial charge in [-0.1, -0.05) is 0 Å². The molecule has 0 fully saturated rings. The van der Waals surface area contributed by atoms with E-state index in [1.807, 2.05) is 0 Å². The summed E-state index contributed by atoms with van der Waals surface area (Å²) < 4.78 is 0. The summed E-state index contributed by atoms with van der Waals surface area (Å²) in [4.78, 5) is 17.9. The number of rotatable bonds is 2. The number of hydrogen-bond donors (Lipinski definition) is 6. The van der Waals surface area contributed by atoms with Gasteiger partial charge in [0.15, 0.2) is 5.82 Å². The highest BCUT2D eigenvalue weighted by Gasteiger charge is 2.29. The molecular weight excluding hydrogens is 297 g/mol. The van der Waals surface area contributed by atoms with E-state index in [1.54, 1.807) is 0 Å². The summed E-state index contributed by atoms with van der Waals surface area (Å²) in [6.07, 6.45) is -1.87. The molecule has 1 aromatic heterocycles. The molecule has 1 aromatic rings. The Morgan fingerprint density at radius 3 is 2.63 bits per heavy atom. The van der Waals surface area contributed by atoms with Gasteiger partial charge < -0.3 is 26.6 Å². The molecule has 0 radical (unpaired) electrons. The SMILES string of the molecule is C[C@@H](O)[C@@H](O)[C@@H]1CNc2nc(N)[nH]c(=O)c2N1.Cl.Cl. The van der Waals surface area contributed by atoms with Gasteiger partial charge in [-0.05, 0) is 6.92 Å². The van der Waals surface area contributed by atoms with Gasteiger partial charge in [0.2, 0.25) is 5.95 Å².